The number of para-hydroxylation sites is 2. The molecule has 4 aliphatic heterocycles. The number of rotatable bonds is 20. The van der Waals surface area contributed by atoms with E-state index in [1.54, 1.807) is 0 Å². The van der Waals surface area contributed by atoms with Gasteiger partial charge in [0.25, 0.3) is 0 Å². The number of nitrogens with one attached hydrogen (secondary N) is 2. The van der Waals surface area contributed by atoms with E-state index in [0.717, 1.165) is 44.2 Å². The Morgan fingerprint density at radius 2 is 1.13 bits per heavy atom. The summed E-state index contributed by atoms with van der Waals surface area (Å²) in [5.74, 6) is -10.9. The smallest absolute Gasteiger partial charge is 0.412 e. The van der Waals surface area contributed by atoms with Crippen LogP contribution in [0.15, 0.2) is 48.5 Å². The van der Waals surface area contributed by atoms with E-state index in [9.17, 15) is 47.1 Å². The Labute approximate surface area is 560 Å². The van der Waals surface area contributed by atoms with Gasteiger partial charge in [0.05, 0.1) is 30.2 Å². The van der Waals surface area contributed by atoms with Crippen LogP contribution in [0.2, 0.25) is 0 Å². The normalized spacial score (nSPS) is 37.5. The fourth-order valence-electron chi connectivity index (χ4n) is 16.1. The van der Waals surface area contributed by atoms with Crippen LogP contribution in [0.4, 0.5) is 29.7 Å². The van der Waals surface area contributed by atoms with Crippen LogP contribution in [0.1, 0.15) is 85.5 Å². The number of Topliss-reactive ketones (excluding diaryl/α,β-unsaturated/α-hetero) is 1. The van der Waals surface area contributed by atoms with E-state index >= 15 is 0 Å². The highest BCUT2D eigenvalue weighted by molar-refractivity contribution is 6.27. The molecule has 2 aromatic rings. The number of ether oxygens (including phenoxy) is 13. The van der Waals surface area contributed by atoms with Gasteiger partial charge in [-0.2, -0.15) is 0 Å². The van der Waals surface area contributed by atoms with Crippen LogP contribution in [-0.2, 0) is 90.3 Å². The van der Waals surface area contributed by atoms with Gasteiger partial charge in [-0.05, 0) is 104 Å². The average molecular weight is 1410 g/mol. The third-order valence-corrected chi connectivity index (χ3v) is 21.5. The molecule has 30 heteroatoms. The van der Waals surface area contributed by atoms with Gasteiger partial charge >= 0.3 is 42.0 Å². The molecule has 10 rings (SSSR count). The number of carbonyl (C=O) groups excluding carboxylic acids is 8. The highest BCUT2D eigenvalue weighted by atomic mass is 35.5. The third-order valence-electron chi connectivity index (χ3n) is 20.4. The molecule has 3 unspecified atom stereocenters. The van der Waals surface area contributed by atoms with Crippen molar-refractivity contribution in [2.75, 3.05) is 59.9 Å². The van der Waals surface area contributed by atoms with Gasteiger partial charge in [0.1, 0.15) is 78.3 Å². The monoisotopic (exact) mass is 1410 g/mol. The zero-order chi connectivity index (χ0) is 66.7. The fourth-order valence-corrected chi connectivity index (χ4v) is 16.4. The van der Waals surface area contributed by atoms with Crippen molar-refractivity contribution in [2.24, 2.45) is 52.3 Å². The van der Waals surface area contributed by atoms with Gasteiger partial charge in [0, 0.05) is 30.1 Å². The van der Waals surface area contributed by atoms with Crippen molar-refractivity contribution in [3.05, 3.63) is 60.2 Å². The second-order valence-electron chi connectivity index (χ2n) is 25.6. The summed E-state index contributed by atoms with van der Waals surface area (Å²) in [6.07, 6.45) is -16.9. The Morgan fingerprint density at radius 3 is 1.70 bits per heavy atom. The van der Waals surface area contributed by atoms with E-state index in [2.05, 4.69) is 38.3 Å². The van der Waals surface area contributed by atoms with Gasteiger partial charge in [-0.15, -0.1) is 58.0 Å². The summed E-state index contributed by atoms with van der Waals surface area (Å²) < 4.78 is 110. The Hall–Kier alpha value is -4.93. The molecule has 2 aromatic carbocycles. The molecule has 2 amide bonds. The molecular formula is C63H75Cl5F2N2O21. The third kappa shape index (κ3) is 15.0. The van der Waals surface area contributed by atoms with Gasteiger partial charge < -0.3 is 61.6 Å². The van der Waals surface area contributed by atoms with Gasteiger partial charge in [0.2, 0.25) is 0 Å². The molecular weight excluding hydrogens is 1340 g/mol. The van der Waals surface area contributed by atoms with Crippen molar-refractivity contribution >= 4 is 117 Å². The van der Waals surface area contributed by atoms with Crippen LogP contribution >= 0.6 is 58.0 Å². The molecule has 8 aliphatic rings. The molecule has 0 aromatic heterocycles. The van der Waals surface area contributed by atoms with Crippen molar-refractivity contribution in [3.8, 4) is 0 Å². The highest BCUT2D eigenvalue weighted by Gasteiger charge is 2.72. The predicted octanol–water partition coefficient (Wildman–Crippen LogP) is 9.36. The van der Waals surface area contributed by atoms with Crippen LogP contribution in [0.5, 0.6) is 0 Å². The van der Waals surface area contributed by atoms with E-state index in [1.165, 1.54) is 36.4 Å². The lowest BCUT2D eigenvalue weighted by Gasteiger charge is -2.60. The molecule has 23 nitrogen and oxygen atoms in total. The summed E-state index contributed by atoms with van der Waals surface area (Å²) in [6.45, 7) is 7.62. The molecule has 4 heterocycles. The largest absolute Gasteiger partial charge is 0.462 e. The van der Waals surface area contributed by atoms with Gasteiger partial charge in [0.15, 0.2) is 48.9 Å². The summed E-state index contributed by atoms with van der Waals surface area (Å²) in [6, 6.07) is 9.94. The summed E-state index contributed by atoms with van der Waals surface area (Å²) in [7, 11) is 0. The minimum atomic E-state index is -2.22. The number of anilines is 2. The summed E-state index contributed by atoms with van der Waals surface area (Å²) in [5, 5.41) is 4.41. The maximum Gasteiger partial charge on any atom is 0.412 e. The molecule has 4 saturated heterocycles. The average Bonchev–Trinajstić information content (AvgIpc) is 1.56. The Balaban J connectivity index is 0.950. The molecule has 512 valence electrons. The zero-order valence-electron chi connectivity index (χ0n) is 51.3. The standard InChI is InChI=1S/C63H75Cl5F2N2O21/c1-30-15-18-63(83-27-30)31(2)50-41(93-63)20-36-34-14-13-32-19-33(16-17-61(32,3)35(34)21-44(73)62(36,50)4)84-57-55(89-48(77)25-67)53(87-46(75)23-65)51(42(85-57)28-81-45(74)22-64)91-58-56(90-49(78)26-68)54(88-47(76)24-66)52(92-60(80)72-40-12-8-6-10-38(40)70)43(86-58)29-82-59(79)71-39-11-7-5-9-37(39)69/h5-12,30-36,41-43,50-58H,13-29H2,1-4H3,(H,71,79)(H,72,80)/t30-,31?,32+,33+,34-,35+,36+,41?,42-,43-,50?,51-,52-,53+,54+,55-,56-,57-,58+,61+,62-,63-/m1/s1. The first-order valence-corrected chi connectivity index (χ1v) is 33.8. The quantitative estimate of drug-likeness (QED) is 0.0540. The first-order valence-electron chi connectivity index (χ1n) is 31.1. The Kier molecular flexibility index (Phi) is 23.0. The molecule has 4 aliphatic carbocycles. The van der Waals surface area contributed by atoms with Crippen molar-refractivity contribution in [1.82, 2.24) is 0 Å². The lowest BCUT2D eigenvalue weighted by molar-refractivity contribution is -0.364. The number of alkyl halides is 5. The van der Waals surface area contributed by atoms with Crippen LogP contribution < -0.4 is 10.6 Å². The maximum absolute atomic E-state index is 15.0. The number of ketones is 1. The number of benzene rings is 2. The first kappa shape index (κ1) is 70.9. The Morgan fingerprint density at radius 1 is 0.591 bits per heavy atom. The van der Waals surface area contributed by atoms with E-state index in [1.807, 2.05) is 0 Å². The van der Waals surface area contributed by atoms with Crippen molar-refractivity contribution < 1.29 is 109 Å². The van der Waals surface area contributed by atoms with Crippen molar-refractivity contribution in [2.45, 2.75) is 165 Å². The van der Waals surface area contributed by atoms with Crippen molar-refractivity contribution in [3.63, 3.8) is 0 Å². The number of hydrogen-bond donors (Lipinski definition) is 2. The van der Waals surface area contributed by atoms with Gasteiger partial charge in [-0.3, -0.25) is 39.4 Å². The predicted molar refractivity (Wildman–Crippen MR) is 325 cm³/mol. The summed E-state index contributed by atoms with van der Waals surface area (Å²) in [5.41, 5.74) is -1.60. The topological polar surface area (TPSA) is 281 Å². The number of carbonyl (C=O) groups is 8. The number of amides is 2. The minimum absolute atomic E-state index is 0.0262. The lowest BCUT2D eigenvalue weighted by Crippen LogP contribution is -2.68. The SMILES string of the molecule is CC1C2C(C[C@H]3[C@@H]4CC[C@H]5C[C@@H](O[C@@H]6O[C@H](COC(=O)CCl)[C@@H](O[C@@H]7O[C@H](COC(=O)Nc8ccccc8F)[C@@H](OC(=O)Nc8ccccc8F)[C@H](OC(=O)CCl)[C@H]7OC(=O)CCl)[C@H](OC(=O)CCl)[C@H]6OC(=O)CCl)CC[C@]5(C)[C@H]4CC(=O)[C@]23C)O[C@]12CC[C@@H](C)CO2. The first-order chi connectivity index (χ1) is 44.5. The summed E-state index contributed by atoms with van der Waals surface area (Å²) >= 11 is 30.1. The number of esters is 5. The van der Waals surface area contributed by atoms with E-state index in [-0.39, 0.29) is 58.5 Å². The number of halogens is 7. The lowest BCUT2D eigenvalue weighted by atomic mass is 9.44. The zero-order valence-corrected chi connectivity index (χ0v) is 55.1. The number of fused-ring (bicyclic) bond motifs is 7. The number of hydrogen-bond acceptors (Lipinski definition) is 21. The van der Waals surface area contributed by atoms with Crippen LogP contribution in [0.25, 0.3) is 0 Å². The molecule has 4 saturated carbocycles. The second-order valence-corrected chi connectivity index (χ2v) is 26.9. The maximum atomic E-state index is 15.0. The molecule has 8 fully saturated rings. The molecule has 2 N–H and O–H groups in total. The molecule has 93 heavy (non-hydrogen) atoms. The molecule has 0 bridgehead atoms. The fraction of sp³-hybridized carbons (Fsp3) is 0.683. The molecule has 1 spiro atoms. The second kappa shape index (κ2) is 30.2. The minimum Gasteiger partial charge on any atom is -0.462 e. The molecule has 22 atom stereocenters. The Bertz CT molecular complexity index is 3080. The van der Waals surface area contributed by atoms with Gasteiger partial charge in [-0.25, -0.2) is 18.4 Å². The van der Waals surface area contributed by atoms with E-state index in [0.29, 0.717) is 38.2 Å². The molecule has 0 radical (unpaired) electrons. The van der Waals surface area contributed by atoms with Gasteiger partial charge in [-0.1, -0.05) is 52.0 Å². The van der Waals surface area contributed by atoms with E-state index in [4.69, 9.17) is 120 Å². The van der Waals surface area contributed by atoms with Crippen LogP contribution in [0.3, 0.4) is 0 Å². The van der Waals surface area contributed by atoms with Crippen molar-refractivity contribution in [1.29, 1.82) is 0 Å². The van der Waals surface area contributed by atoms with E-state index < -0.39 is 181 Å². The van der Waals surface area contributed by atoms with Crippen LogP contribution in [-0.4, -0.2) is 176 Å². The summed E-state index contributed by atoms with van der Waals surface area (Å²) in [4.78, 5) is 109. The highest BCUT2D eigenvalue weighted by Crippen LogP contribution is 2.70. The van der Waals surface area contributed by atoms with Crippen LogP contribution in [0, 0.1) is 63.9 Å².